The number of rotatable bonds is 32. The van der Waals surface area contributed by atoms with Gasteiger partial charge in [0.2, 0.25) is 0 Å². The number of hydrogen-bond donors (Lipinski definition) is 0. The van der Waals surface area contributed by atoms with Gasteiger partial charge in [0.15, 0.2) is 23.4 Å². The molecule has 5 atom stereocenters. The number of carbonyl (C=O) groups excluding carboxylic acids is 3. The summed E-state index contributed by atoms with van der Waals surface area (Å²) in [5, 5.41) is 0. The molecule has 1 saturated heterocycles. The highest BCUT2D eigenvalue weighted by Gasteiger charge is 2.56. The van der Waals surface area contributed by atoms with Crippen molar-refractivity contribution in [3.63, 3.8) is 0 Å². The van der Waals surface area contributed by atoms with E-state index in [1.807, 2.05) is 66.9 Å². The molecular formula is C51H84N3O16PSi3. The fraction of sp³-hybridized carbons (Fsp3) is 0.647. The Labute approximate surface area is 444 Å². The van der Waals surface area contributed by atoms with Crippen molar-refractivity contribution in [2.75, 3.05) is 40.1 Å². The number of carbonyl (C=O) groups is 3. The summed E-state index contributed by atoms with van der Waals surface area (Å²) in [7, 11) is -9.45. The SMILES string of the molecule is COP(O[C@H]1[C@@H](OC(OCCOC(C)=O)OCCOC(C)=O)[C@H](CCc2cn(COC(=O)C(C)(C)C)cn2)O[C@@H]1CO[Si](OC(c1ccccc1)c1ccccc1)(O[Si](C)(C)C)O[Si](C)(C)C)N(C(C)C)C(C)C. The van der Waals surface area contributed by atoms with Crippen LogP contribution in [-0.2, 0) is 86.8 Å². The lowest BCUT2D eigenvalue weighted by Gasteiger charge is -2.41. The number of imidazole rings is 1. The summed E-state index contributed by atoms with van der Waals surface area (Å²) in [6, 6.07) is 19.9. The van der Waals surface area contributed by atoms with Gasteiger partial charge in [-0.1, -0.05) is 60.7 Å². The Kier molecular flexibility index (Phi) is 25.2. The molecule has 416 valence electrons. The predicted octanol–water partition coefficient (Wildman–Crippen LogP) is 9.30. The monoisotopic (exact) mass is 1110 g/mol. The van der Waals surface area contributed by atoms with Gasteiger partial charge in [0.25, 0.3) is 15.0 Å². The fourth-order valence-corrected chi connectivity index (χ4v) is 17.7. The number of aromatic nitrogens is 2. The highest BCUT2D eigenvalue weighted by atomic mass is 31.2. The van der Waals surface area contributed by atoms with Gasteiger partial charge < -0.3 is 63.9 Å². The van der Waals surface area contributed by atoms with Crippen molar-refractivity contribution in [3.05, 3.63) is 90.0 Å². The molecule has 0 aliphatic carbocycles. The highest BCUT2D eigenvalue weighted by Crippen LogP contribution is 2.49. The van der Waals surface area contributed by atoms with Crippen LogP contribution in [0.25, 0.3) is 0 Å². The Bertz CT molecular complexity index is 2060. The molecule has 1 unspecified atom stereocenters. The topological polar surface area (TPSA) is 192 Å². The molecule has 23 heteroatoms. The molecule has 0 radical (unpaired) electrons. The maximum atomic E-state index is 12.6. The number of ether oxygens (including phenoxy) is 7. The van der Waals surface area contributed by atoms with E-state index in [0.29, 0.717) is 18.5 Å². The minimum atomic E-state index is -4.20. The lowest BCUT2D eigenvalue weighted by Crippen LogP contribution is -2.60. The minimum absolute atomic E-state index is 0.00431. The van der Waals surface area contributed by atoms with Crippen LogP contribution in [0.15, 0.2) is 73.2 Å². The molecule has 0 bridgehead atoms. The molecule has 1 aliphatic rings. The number of aryl methyl sites for hydroxylation is 1. The van der Waals surface area contributed by atoms with Gasteiger partial charge >= 0.3 is 27.0 Å². The molecule has 0 spiro atoms. The predicted molar refractivity (Wildman–Crippen MR) is 286 cm³/mol. The van der Waals surface area contributed by atoms with Gasteiger partial charge in [-0.05, 0) is 112 Å². The number of benzene rings is 2. The van der Waals surface area contributed by atoms with Gasteiger partial charge in [-0.3, -0.25) is 14.4 Å². The van der Waals surface area contributed by atoms with Crippen molar-refractivity contribution in [1.82, 2.24) is 14.2 Å². The summed E-state index contributed by atoms with van der Waals surface area (Å²) >= 11 is 0. The van der Waals surface area contributed by atoms with E-state index in [-0.39, 0.29) is 57.8 Å². The Hall–Kier alpha value is -3.30. The van der Waals surface area contributed by atoms with Crippen LogP contribution in [0.5, 0.6) is 0 Å². The van der Waals surface area contributed by atoms with Crippen molar-refractivity contribution < 1.29 is 73.7 Å². The summed E-state index contributed by atoms with van der Waals surface area (Å²) in [6.07, 6.45) is 0.0583. The van der Waals surface area contributed by atoms with Crippen LogP contribution < -0.4 is 0 Å². The summed E-state index contributed by atoms with van der Waals surface area (Å²) in [4.78, 5) is 40.7. The third kappa shape index (κ3) is 21.6. The zero-order valence-electron chi connectivity index (χ0n) is 46.5. The molecule has 1 aromatic heterocycles. The summed E-state index contributed by atoms with van der Waals surface area (Å²) in [6.45, 7) is 26.8. The molecule has 1 aliphatic heterocycles. The molecule has 0 saturated carbocycles. The zero-order chi connectivity index (χ0) is 54.9. The van der Waals surface area contributed by atoms with E-state index in [4.69, 9.17) is 59.3 Å². The fourth-order valence-electron chi connectivity index (χ4n) is 7.72. The smallest absolute Gasteiger partial charge is 0.463 e. The van der Waals surface area contributed by atoms with E-state index in [2.05, 4.69) is 76.6 Å². The van der Waals surface area contributed by atoms with Crippen LogP contribution in [0, 0.1) is 5.41 Å². The molecule has 4 rings (SSSR count). The second-order valence-corrected chi connectivity index (χ2v) is 34.5. The molecule has 3 aromatic rings. The van der Waals surface area contributed by atoms with Crippen molar-refractivity contribution in [2.45, 2.75) is 170 Å². The van der Waals surface area contributed by atoms with Crippen molar-refractivity contribution >= 4 is 52.1 Å². The highest BCUT2D eigenvalue weighted by molar-refractivity contribution is 7.44. The molecule has 1 fully saturated rings. The van der Waals surface area contributed by atoms with Crippen LogP contribution in [-0.4, -0.2) is 141 Å². The molecule has 0 amide bonds. The van der Waals surface area contributed by atoms with Crippen LogP contribution in [0.4, 0.5) is 0 Å². The number of nitrogens with zero attached hydrogens (tertiary/aromatic N) is 3. The van der Waals surface area contributed by atoms with Crippen molar-refractivity contribution in [2.24, 2.45) is 5.41 Å². The van der Waals surface area contributed by atoms with Gasteiger partial charge in [0, 0.05) is 39.2 Å². The first-order valence-electron chi connectivity index (χ1n) is 25.3. The maximum Gasteiger partial charge on any atom is 0.659 e. The maximum absolute atomic E-state index is 12.6. The van der Waals surface area contributed by atoms with Gasteiger partial charge in [-0.15, -0.1) is 0 Å². The van der Waals surface area contributed by atoms with E-state index < -0.39 is 88.6 Å². The Balaban J connectivity index is 1.86. The summed E-state index contributed by atoms with van der Waals surface area (Å²) in [5.74, 6) is -1.30. The van der Waals surface area contributed by atoms with E-state index >= 15 is 0 Å². The van der Waals surface area contributed by atoms with Crippen LogP contribution >= 0.6 is 8.53 Å². The lowest BCUT2D eigenvalue weighted by atomic mass is 9.98. The Morgan fingerprint density at radius 2 is 1.28 bits per heavy atom. The first kappa shape index (κ1) is 63.2. The molecule has 2 heterocycles. The number of esters is 3. The summed E-state index contributed by atoms with van der Waals surface area (Å²) in [5.41, 5.74) is 1.81. The second kappa shape index (κ2) is 29.4. The quantitative estimate of drug-likeness (QED) is 0.0143. The van der Waals surface area contributed by atoms with E-state index in [0.717, 1.165) is 11.1 Å². The first-order chi connectivity index (χ1) is 34.7. The third-order valence-corrected chi connectivity index (χ3v) is 20.6. The Morgan fingerprint density at radius 1 is 0.757 bits per heavy atom. The zero-order valence-corrected chi connectivity index (χ0v) is 50.4. The normalized spacial score (nSPS) is 18.2. The van der Waals surface area contributed by atoms with Gasteiger partial charge in [-0.25, -0.2) is 9.65 Å². The molecule has 74 heavy (non-hydrogen) atoms. The van der Waals surface area contributed by atoms with Gasteiger partial charge in [-0.2, -0.15) is 0 Å². The average Bonchev–Trinajstić information content (AvgIpc) is 3.90. The minimum Gasteiger partial charge on any atom is -0.463 e. The average molecular weight is 1110 g/mol. The van der Waals surface area contributed by atoms with Crippen molar-refractivity contribution in [1.29, 1.82) is 0 Å². The Morgan fingerprint density at radius 3 is 1.74 bits per heavy atom. The van der Waals surface area contributed by atoms with E-state index in [1.165, 1.54) is 13.8 Å². The molecule has 2 aromatic carbocycles. The molecular weight excluding hydrogens is 1030 g/mol. The van der Waals surface area contributed by atoms with Gasteiger partial charge in [0.1, 0.15) is 37.6 Å². The van der Waals surface area contributed by atoms with E-state index in [9.17, 15) is 14.4 Å². The van der Waals surface area contributed by atoms with Crippen molar-refractivity contribution in [3.8, 4) is 0 Å². The third-order valence-electron chi connectivity index (χ3n) is 10.7. The van der Waals surface area contributed by atoms with Crippen LogP contribution in [0.1, 0.15) is 91.7 Å². The molecule has 19 nitrogen and oxygen atoms in total. The van der Waals surface area contributed by atoms with Crippen LogP contribution in [0.3, 0.4) is 0 Å². The molecule has 0 N–H and O–H groups in total. The van der Waals surface area contributed by atoms with E-state index in [1.54, 1.807) is 38.8 Å². The van der Waals surface area contributed by atoms with Gasteiger partial charge in [0.05, 0.1) is 43.4 Å². The lowest BCUT2D eigenvalue weighted by molar-refractivity contribution is -0.316. The largest absolute Gasteiger partial charge is 0.659 e. The number of hydrogen-bond acceptors (Lipinski definition) is 18. The standard InChI is InChI=1S/C51H84N3O16PSi3/c1-37(2)54(38(3)4)71(58-10)67-48-45(34-64-74(69-72(11,12)13,70-73(14,15)16)68-46(41-23-19-17-20-24-41)42-25-21-18-22-26-42)65-44(28-27-43-33-53(35-52-43)36-63-49(57)51(7,8)9)47(48)66-50(61-31-29-59-39(5)55)62-32-30-60-40(6)56/h17-26,33,35,37-38,44-48,50H,27-32,34,36H2,1-16H3/t44-,45+,47-,48+,71?/m0/s1. The van der Waals surface area contributed by atoms with Crippen LogP contribution in [0.2, 0.25) is 39.3 Å². The summed E-state index contributed by atoms with van der Waals surface area (Å²) < 4.78 is 88.1. The first-order valence-corrected chi connectivity index (χ1v) is 34.9. The second-order valence-electron chi connectivity index (χ2n) is 21.4.